The Labute approximate surface area is 150 Å². The first-order chi connectivity index (χ1) is 12.5. The van der Waals surface area contributed by atoms with Gasteiger partial charge in [-0.3, -0.25) is 9.59 Å². The molecule has 0 saturated carbocycles. The Balaban J connectivity index is 1.44. The fourth-order valence-corrected chi connectivity index (χ4v) is 3.03. The molecule has 0 radical (unpaired) electrons. The Morgan fingerprint density at radius 3 is 2.65 bits per heavy atom. The molecule has 2 aromatic carbocycles. The number of carbonyl (C=O) groups is 2. The van der Waals surface area contributed by atoms with Crippen LogP contribution < -0.4 is 25.4 Å². The van der Waals surface area contributed by atoms with Crippen molar-refractivity contribution in [3.8, 4) is 11.5 Å². The Bertz CT molecular complexity index is 910. The van der Waals surface area contributed by atoms with E-state index in [4.69, 9.17) is 9.47 Å². The average Bonchev–Trinajstić information content (AvgIpc) is 3.05. The van der Waals surface area contributed by atoms with Crippen molar-refractivity contribution >= 4 is 28.9 Å². The summed E-state index contributed by atoms with van der Waals surface area (Å²) in [4.78, 5) is 24.7. The zero-order valence-corrected chi connectivity index (χ0v) is 14.5. The molecule has 26 heavy (non-hydrogen) atoms. The molecule has 2 heterocycles. The molecular formula is C19H19N3O4. The molecule has 0 aliphatic carbocycles. The van der Waals surface area contributed by atoms with E-state index >= 15 is 0 Å². The van der Waals surface area contributed by atoms with Crippen LogP contribution in [-0.2, 0) is 9.59 Å². The monoisotopic (exact) mass is 353 g/mol. The molecule has 0 bridgehead atoms. The van der Waals surface area contributed by atoms with E-state index in [1.807, 2.05) is 26.0 Å². The van der Waals surface area contributed by atoms with E-state index in [-0.39, 0.29) is 25.0 Å². The van der Waals surface area contributed by atoms with Gasteiger partial charge in [0.25, 0.3) is 0 Å². The van der Waals surface area contributed by atoms with Crippen LogP contribution in [0.25, 0.3) is 0 Å². The minimum absolute atomic E-state index is 0.0205. The van der Waals surface area contributed by atoms with Crippen LogP contribution in [0, 0.1) is 13.8 Å². The summed E-state index contributed by atoms with van der Waals surface area (Å²) in [7, 11) is 0. The van der Waals surface area contributed by atoms with Gasteiger partial charge in [0, 0.05) is 11.8 Å². The summed E-state index contributed by atoms with van der Waals surface area (Å²) in [6.45, 7) is 4.18. The van der Waals surface area contributed by atoms with Crippen LogP contribution in [0.2, 0.25) is 0 Å². The maximum absolute atomic E-state index is 12.4. The molecule has 4 rings (SSSR count). The third-order valence-electron chi connectivity index (χ3n) is 4.58. The van der Waals surface area contributed by atoms with Gasteiger partial charge in [-0.2, -0.15) is 0 Å². The lowest BCUT2D eigenvalue weighted by Gasteiger charge is -2.27. The minimum Gasteiger partial charge on any atom is -0.454 e. The van der Waals surface area contributed by atoms with Crippen molar-refractivity contribution in [2.45, 2.75) is 26.3 Å². The zero-order valence-electron chi connectivity index (χ0n) is 14.5. The summed E-state index contributed by atoms with van der Waals surface area (Å²) in [5, 5.41) is 8.81. The maximum Gasteiger partial charge on any atom is 0.247 e. The number of rotatable bonds is 3. The van der Waals surface area contributed by atoms with Crippen LogP contribution in [-0.4, -0.2) is 24.6 Å². The van der Waals surface area contributed by atoms with Crippen LogP contribution in [0.4, 0.5) is 17.1 Å². The third kappa shape index (κ3) is 3.03. The zero-order chi connectivity index (χ0) is 18.3. The first kappa shape index (κ1) is 16.3. The predicted molar refractivity (Wildman–Crippen MR) is 97.8 cm³/mol. The van der Waals surface area contributed by atoms with E-state index < -0.39 is 6.04 Å². The van der Waals surface area contributed by atoms with Gasteiger partial charge in [-0.05, 0) is 49.2 Å². The topological polar surface area (TPSA) is 88.7 Å². The molecule has 2 aliphatic rings. The van der Waals surface area contributed by atoms with Gasteiger partial charge in [0.05, 0.1) is 17.8 Å². The number of hydrogen-bond acceptors (Lipinski definition) is 5. The van der Waals surface area contributed by atoms with Crippen LogP contribution in [0.15, 0.2) is 30.3 Å². The summed E-state index contributed by atoms with van der Waals surface area (Å²) >= 11 is 0. The molecule has 2 aromatic rings. The number of nitrogens with one attached hydrogen (secondary N) is 3. The van der Waals surface area contributed by atoms with Gasteiger partial charge in [0.15, 0.2) is 11.5 Å². The van der Waals surface area contributed by atoms with Gasteiger partial charge < -0.3 is 25.4 Å². The van der Waals surface area contributed by atoms with Crippen molar-refractivity contribution in [1.82, 2.24) is 0 Å². The highest BCUT2D eigenvalue weighted by atomic mass is 16.7. The van der Waals surface area contributed by atoms with E-state index in [1.165, 1.54) is 0 Å². The first-order valence-electron chi connectivity index (χ1n) is 8.38. The molecule has 2 amide bonds. The minimum atomic E-state index is -0.626. The Kier molecular flexibility index (Phi) is 3.91. The number of amides is 2. The highest BCUT2D eigenvalue weighted by Gasteiger charge is 2.28. The van der Waals surface area contributed by atoms with Gasteiger partial charge in [-0.25, -0.2) is 0 Å². The molecule has 3 N–H and O–H groups in total. The molecule has 7 nitrogen and oxygen atoms in total. The van der Waals surface area contributed by atoms with Crippen LogP contribution >= 0.6 is 0 Å². The molecule has 1 atom stereocenters. The second-order valence-corrected chi connectivity index (χ2v) is 6.49. The van der Waals surface area contributed by atoms with Gasteiger partial charge in [0.2, 0.25) is 18.6 Å². The number of ether oxygens (including phenoxy) is 2. The molecule has 0 aromatic heterocycles. The van der Waals surface area contributed by atoms with Crippen molar-refractivity contribution in [2.75, 3.05) is 22.7 Å². The second-order valence-electron chi connectivity index (χ2n) is 6.49. The fraction of sp³-hybridized carbons (Fsp3) is 0.263. The molecule has 134 valence electrons. The average molecular weight is 353 g/mol. The van der Waals surface area contributed by atoms with Gasteiger partial charge in [0.1, 0.15) is 6.04 Å². The molecule has 0 fully saturated rings. The highest BCUT2D eigenvalue weighted by Crippen LogP contribution is 2.34. The summed E-state index contributed by atoms with van der Waals surface area (Å²) < 4.78 is 10.5. The molecule has 0 saturated heterocycles. The van der Waals surface area contributed by atoms with Crippen molar-refractivity contribution in [2.24, 2.45) is 0 Å². The van der Waals surface area contributed by atoms with Crippen molar-refractivity contribution < 1.29 is 19.1 Å². The van der Waals surface area contributed by atoms with Gasteiger partial charge >= 0.3 is 0 Å². The SMILES string of the molecule is Cc1cc2c(cc1C)NC(CC(=O)Nc1ccc3c(c1)OCO3)C(=O)N2. The Morgan fingerprint density at radius 2 is 1.85 bits per heavy atom. The quantitative estimate of drug-likeness (QED) is 0.790. The van der Waals surface area contributed by atoms with Gasteiger partial charge in [-0.15, -0.1) is 0 Å². The number of hydrogen-bond donors (Lipinski definition) is 3. The number of fused-ring (bicyclic) bond motifs is 2. The summed E-state index contributed by atoms with van der Waals surface area (Å²) in [5.41, 5.74) is 4.39. The largest absolute Gasteiger partial charge is 0.454 e. The lowest BCUT2D eigenvalue weighted by Crippen LogP contribution is -2.41. The van der Waals surface area contributed by atoms with Crippen molar-refractivity contribution in [1.29, 1.82) is 0 Å². The number of benzene rings is 2. The second kappa shape index (κ2) is 6.25. The molecule has 1 unspecified atom stereocenters. The molecule has 7 heteroatoms. The fourth-order valence-electron chi connectivity index (χ4n) is 3.03. The van der Waals surface area contributed by atoms with Crippen LogP contribution in [0.1, 0.15) is 17.5 Å². The molecular weight excluding hydrogens is 334 g/mol. The summed E-state index contributed by atoms with van der Waals surface area (Å²) in [6, 6.07) is 8.46. The highest BCUT2D eigenvalue weighted by molar-refractivity contribution is 6.06. The van der Waals surface area contributed by atoms with Crippen molar-refractivity contribution in [3.63, 3.8) is 0 Å². The normalized spacial score (nSPS) is 17.2. The van der Waals surface area contributed by atoms with E-state index in [1.54, 1.807) is 18.2 Å². The molecule has 2 aliphatic heterocycles. The first-order valence-corrected chi connectivity index (χ1v) is 8.38. The maximum atomic E-state index is 12.4. The lowest BCUT2D eigenvalue weighted by atomic mass is 10.0. The van der Waals surface area contributed by atoms with Crippen LogP contribution in [0.5, 0.6) is 11.5 Å². The van der Waals surface area contributed by atoms with E-state index in [0.717, 1.165) is 22.5 Å². The number of aryl methyl sites for hydroxylation is 2. The standard InChI is InChI=1S/C19H19N3O4/c1-10-5-13-14(6-11(10)2)22-19(24)15(21-13)8-18(23)20-12-3-4-16-17(7-12)26-9-25-16/h3-7,15,21H,8-9H2,1-2H3,(H,20,23)(H,22,24). The summed E-state index contributed by atoms with van der Waals surface area (Å²) in [5.74, 6) is 0.764. The summed E-state index contributed by atoms with van der Waals surface area (Å²) in [6.07, 6.45) is 0.0205. The molecule has 0 spiro atoms. The Hall–Kier alpha value is -3.22. The van der Waals surface area contributed by atoms with Crippen molar-refractivity contribution in [3.05, 3.63) is 41.5 Å². The predicted octanol–water partition coefficient (Wildman–Crippen LogP) is 2.79. The Morgan fingerprint density at radius 1 is 1.12 bits per heavy atom. The van der Waals surface area contributed by atoms with Gasteiger partial charge in [-0.1, -0.05) is 0 Å². The van der Waals surface area contributed by atoms with Crippen LogP contribution in [0.3, 0.4) is 0 Å². The smallest absolute Gasteiger partial charge is 0.247 e. The van der Waals surface area contributed by atoms with E-state index in [0.29, 0.717) is 17.2 Å². The van der Waals surface area contributed by atoms with E-state index in [2.05, 4.69) is 16.0 Å². The third-order valence-corrected chi connectivity index (χ3v) is 4.58. The lowest BCUT2D eigenvalue weighted by molar-refractivity contribution is -0.122. The van der Waals surface area contributed by atoms with E-state index in [9.17, 15) is 9.59 Å². The number of anilines is 3. The number of carbonyl (C=O) groups excluding carboxylic acids is 2.